The Morgan fingerprint density at radius 3 is 2.61 bits per heavy atom. The van der Waals surface area contributed by atoms with Crippen molar-refractivity contribution in [1.29, 1.82) is 0 Å². The van der Waals surface area contributed by atoms with Crippen LogP contribution in [-0.4, -0.2) is 36.3 Å². The second-order valence-electron chi connectivity index (χ2n) is 7.65. The number of hydrogen-bond donors (Lipinski definition) is 2. The topological polar surface area (TPSA) is 89.6 Å². The number of carbonyl (C=O) groups is 2. The van der Waals surface area contributed by atoms with Crippen molar-refractivity contribution in [2.24, 2.45) is 5.92 Å². The lowest BCUT2D eigenvalue weighted by Crippen LogP contribution is -2.22. The Hall–Kier alpha value is -3.04. The normalized spacial score (nSPS) is 13.8. The number of hydrogen-bond acceptors (Lipinski definition) is 7. The maximum atomic E-state index is 12.7. The van der Waals surface area contributed by atoms with Gasteiger partial charge in [-0.15, -0.1) is 23.1 Å². The van der Waals surface area contributed by atoms with Crippen molar-refractivity contribution in [3.63, 3.8) is 0 Å². The zero-order valence-electron chi connectivity index (χ0n) is 18.6. The van der Waals surface area contributed by atoms with E-state index in [0.29, 0.717) is 16.6 Å². The number of methoxy groups -OCH3 is 2. The van der Waals surface area contributed by atoms with Gasteiger partial charge in [0.25, 0.3) is 0 Å². The number of benzene rings is 2. The largest absolute Gasteiger partial charge is 0.493 e. The van der Waals surface area contributed by atoms with Crippen molar-refractivity contribution in [3.05, 3.63) is 47.8 Å². The van der Waals surface area contributed by atoms with Crippen molar-refractivity contribution in [1.82, 2.24) is 4.98 Å². The van der Waals surface area contributed by atoms with E-state index in [2.05, 4.69) is 15.6 Å². The molecule has 2 aromatic carbocycles. The summed E-state index contributed by atoms with van der Waals surface area (Å²) in [6.07, 6.45) is 1.92. The molecule has 33 heavy (non-hydrogen) atoms. The van der Waals surface area contributed by atoms with Gasteiger partial charge in [-0.05, 0) is 56.2 Å². The first-order chi connectivity index (χ1) is 16.0. The number of nitrogens with zero attached hydrogens (tertiary/aromatic N) is 1. The van der Waals surface area contributed by atoms with E-state index in [0.717, 1.165) is 34.7 Å². The van der Waals surface area contributed by atoms with E-state index in [-0.39, 0.29) is 23.0 Å². The molecule has 0 bridgehead atoms. The van der Waals surface area contributed by atoms with Gasteiger partial charge in [-0.1, -0.05) is 6.07 Å². The fourth-order valence-electron chi connectivity index (χ4n) is 3.16. The predicted octanol–water partition coefficient (Wildman–Crippen LogP) is 5.30. The Morgan fingerprint density at radius 2 is 1.88 bits per heavy atom. The van der Waals surface area contributed by atoms with E-state index >= 15 is 0 Å². The number of thioether (sulfide) groups is 1. The number of thiazole rings is 1. The molecule has 0 spiro atoms. The van der Waals surface area contributed by atoms with Crippen LogP contribution in [0.1, 0.15) is 19.8 Å². The minimum Gasteiger partial charge on any atom is -0.493 e. The molecule has 7 nitrogen and oxygen atoms in total. The molecular formula is C24H25N3O4S2. The SMILES string of the molecule is COc1ccc(-c2csc(NC(=O)C(C)Sc3cccc(NC(=O)C4CC4)c3)n2)cc1OC. The van der Waals surface area contributed by atoms with Gasteiger partial charge in [0, 0.05) is 27.4 Å². The third-order valence-electron chi connectivity index (χ3n) is 5.15. The zero-order valence-corrected chi connectivity index (χ0v) is 20.2. The van der Waals surface area contributed by atoms with Crippen LogP contribution >= 0.6 is 23.1 Å². The fourth-order valence-corrected chi connectivity index (χ4v) is 4.81. The van der Waals surface area contributed by atoms with Crippen molar-refractivity contribution < 1.29 is 19.1 Å². The van der Waals surface area contributed by atoms with Gasteiger partial charge in [0.05, 0.1) is 25.2 Å². The molecule has 0 saturated heterocycles. The highest BCUT2D eigenvalue weighted by molar-refractivity contribution is 8.00. The number of aromatic nitrogens is 1. The predicted molar refractivity (Wildman–Crippen MR) is 132 cm³/mol. The van der Waals surface area contributed by atoms with Gasteiger partial charge >= 0.3 is 0 Å². The molecule has 1 aliphatic carbocycles. The summed E-state index contributed by atoms with van der Waals surface area (Å²) in [5.41, 5.74) is 2.37. The summed E-state index contributed by atoms with van der Waals surface area (Å²) in [7, 11) is 3.18. The molecule has 1 atom stereocenters. The van der Waals surface area contributed by atoms with Gasteiger partial charge in [0.2, 0.25) is 11.8 Å². The van der Waals surface area contributed by atoms with E-state index < -0.39 is 0 Å². The van der Waals surface area contributed by atoms with Crippen LogP contribution in [0.4, 0.5) is 10.8 Å². The van der Waals surface area contributed by atoms with Crippen molar-refractivity contribution >= 4 is 45.7 Å². The van der Waals surface area contributed by atoms with Crippen molar-refractivity contribution in [3.8, 4) is 22.8 Å². The first-order valence-electron chi connectivity index (χ1n) is 10.5. The summed E-state index contributed by atoms with van der Waals surface area (Å²) in [5, 5.41) is 7.92. The number of carbonyl (C=O) groups excluding carboxylic acids is 2. The number of amides is 2. The highest BCUT2D eigenvalue weighted by atomic mass is 32.2. The number of rotatable bonds is 9. The van der Waals surface area contributed by atoms with E-state index in [4.69, 9.17) is 9.47 Å². The summed E-state index contributed by atoms with van der Waals surface area (Å²) in [5.74, 6) is 1.34. The Balaban J connectivity index is 1.37. The molecule has 1 unspecified atom stereocenters. The Labute approximate surface area is 200 Å². The van der Waals surface area contributed by atoms with Crippen LogP contribution in [-0.2, 0) is 9.59 Å². The average Bonchev–Trinajstić information content (AvgIpc) is 3.58. The van der Waals surface area contributed by atoms with Crippen LogP contribution in [0.2, 0.25) is 0 Å². The summed E-state index contributed by atoms with van der Waals surface area (Å²) in [6, 6.07) is 13.1. The minimum absolute atomic E-state index is 0.0667. The molecule has 1 fully saturated rings. The molecule has 0 aliphatic heterocycles. The van der Waals surface area contributed by atoms with Crippen molar-refractivity contribution in [2.75, 3.05) is 24.9 Å². The van der Waals surface area contributed by atoms with Crippen LogP contribution in [0.3, 0.4) is 0 Å². The first-order valence-corrected chi connectivity index (χ1v) is 12.3. The van der Waals surface area contributed by atoms with Crippen LogP contribution in [0.5, 0.6) is 11.5 Å². The Kier molecular flexibility index (Phi) is 7.20. The average molecular weight is 484 g/mol. The van der Waals surface area contributed by atoms with E-state index in [1.54, 1.807) is 14.2 Å². The van der Waals surface area contributed by atoms with Crippen LogP contribution < -0.4 is 20.1 Å². The second-order valence-corrected chi connectivity index (χ2v) is 9.92. The summed E-state index contributed by atoms with van der Waals surface area (Å²) in [4.78, 5) is 30.2. The highest BCUT2D eigenvalue weighted by Crippen LogP contribution is 2.34. The highest BCUT2D eigenvalue weighted by Gasteiger charge is 2.29. The third kappa shape index (κ3) is 5.85. The van der Waals surface area contributed by atoms with Crippen LogP contribution in [0.25, 0.3) is 11.3 Å². The second kappa shape index (κ2) is 10.3. The smallest absolute Gasteiger partial charge is 0.239 e. The van der Waals surface area contributed by atoms with Gasteiger partial charge in [0.1, 0.15) is 0 Å². The Bertz CT molecular complexity index is 1160. The van der Waals surface area contributed by atoms with Crippen molar-refractivity contribution in [2.45, 2.75) is 29.9 Å². The molecule has 2 N–H and O–H groups in total. The van der Waals surface area contributed by atoms with Crippen LogP contribution in [0.15, 0.2) is 52.7 Å². The monoisotopic (exact) mass is 483 g/mol. The lowest BCUT2D eigenvalue weighted by Gasteiger charge is -2.12. The molecule has 2 amide bonds. The minimum atomic E-state index is -0.340. The molecule has 0 radical (unpaired) electrons. The summed E-state index contributed by atoms with van der Waals surface area (Å²) < 4.78 is 10.6. The molecule has 4 rings (SSSR count). The van der Waals surface area contributed by atoms with Gasteiger partial charge in [-0.25, -0.2) is 4.98 Å². The maximum absolute atomic E-state index is 12.7. The van der Waals surface area contributed by atoms with E-state index in [1.165, 1.54) is 23.1 Å². The van der Waals surface area contributed by atoms with Gasteiger partial charge < -0.3 is 20.1 Å². The summed E-state index contributed by atoms with van der Waals surface area (Å²) in [6.45, 7) is 1.85. The number of ether oxygens (including phenoxy) is 2. The van der Waals surface area contributed by atoms with E-state index in [9.17, 15) is 9.59 Å². The maximum Gasteiger partial charge on any atom is 0.239 e. The third-order valence-corrected chi connectivity index (χ3v) is 7.00. The molecular weight excluding hydrogens is 458 g/mol. The molecule has 172 valence electrons. The Morgan fingerprint density at radius 1 is 1.09 bits per heavy atom. The quantitative estimate of drug-likeness (QED) is 0.402. The van der Waals surface area contributed by atoms with Gasteiger partial charge in [-0.3, -0.25) is 9.59 Å². The molecule has 1 saturated carbocycles. The molecule has 1 aliphatic rings. The van der Waals surface area contributed by atoms with E-state index in [1.807, 2.05) is 54.8 Å². The standard InChI is InChI=1S/C24H25N3O4S2/c1-14(33-18-6-4-5-17(12-18)25-23(29)15-7-8-15)22(28)27-24-26-19(13-32-24)16-9-10-20(30-2)21(11-16)31-3/h4-6,9-15H,7-8H2,1-3H3,(H,25,29)(H,26,27,28). The number of anilines is 2. The number of nitrogens with one attached hydrogen (secondary N) is 2. The zero-order chi connectivity index (χ0) is 23.4. The fraction of sp³-hybridized carbons (Fsp3) is 0.292. The first kappa shape index (κ1) is 23.1. The lowest BCUT2D eigenvalue weighted by molar-refractivity contribution is -0.117. The molecule has 9 heteroatoms. The molecule has 1 heterocycles. The lowest BCUT2D eigenvalue weighted by atomic mass is 10.1. The molecule has 3 aromatic rings. The van der Waals surface area contributed by atoms with Crippen LogP contribution in [0, 0.1) is 5.92 Å². The van der Waals surface area contributed by atoms with Gasteiger partial charge in [0.15, 0.2) is 16.6 Å². The molecule has 1 aromatic heterocycles. The van der Waals surface area contributed by atoms with Gasteiger partial charge in [-0.2, -0.15) is 0 Å². The summed E-state index contributed by atoms with van der Waals surface area (Å²) >= 11 is 2.80.